The smallest absolute Gasteiger partial charge is 0.161 e. The molecule has 0 aliphatic rings. The Kier molecular flexibility index (Phi) is 4.34. The van der Waals surface area contributed by atoms with Gasteiger partial charge in [0.05, 0.1) is 3.57 Å². The summed E-state index contributed by atoms with van der Waals surface area (Å²) in [7, 11) is 0. The summed E-state index contributed by atoms with van der Waals surface area (Å²) < 4.78 is 1.05. The highest BCUT2D eigenvalue weighted by Crippen LogP contribution is 2.24. The maximum Gasteiger partial charge on any atom is 0.161 e. The number of nitrogens with one attached hydrogen (secondary N) is 1. The Labute approximate surface area is 138 Å². The highest BCUT2D eigenvalue weighted by Gasteiger charge is 2.07. The number of fused-ring (bicyclic) bond motifs is 1. The van der Waals surface area contributed by atoms with E-state index in [0.717, 1.165) is 33.7 Å². The van der Waals surface area contributed by atoms with E-state index in [0.29, 0.717) is 0 Å². The van der Waals surface area contributed by atoms with Crippen molar-refractivity contribution < 1.29 is 0 Å². The first-order valence-corrected chi connectivity index (χ1v) is 8.11. The predicted molar refractivity (Wildman–Crippen MR) is 96.5 cm³/mol. The number of hydrogen-bond acceptors (Lipinski definition) is 3. The molecule has 21 heavy (non-hydrogen) atoms. The lowest BCUT2D eigenvalue weighted by Gasteiger charge is -2.08. The van der Waals surface area contributed by atoms with E-state index in [1.807, 2.05) is 6.20 Å². The highest BCUT2D eigenvalue weighted by molar-refractivity contribution is 14.1. The molecule has 0 aliphatic carbocycles. The average molecular weight is 389 g/mol. The van der Waals surface area contributed by atoms with Gasteiger partial charge in [-0.05, 0) is 45.9 Å². The average Bonchev–Trinajstić information content (AvgIpc) is 2.53. The molecule has 0 atom stereocenters. The van der Waals surface area contributed by atoms with E-state index in [4.69, 9.17) is 0 Å². The summed E-state index contributed by atoms with van der Waals surface area (Å²) in [6.07, 6.45) is 2.95. The van der Waals surface area contributed by atoms with Crippen molar-refractivity contribution in [3.8, 4) is 11.4 Å². The lowest BCUT2D eigenvalue weighted by atomic mass is 10.1. The number of rotatable bonds is 4. The zero-order valence-electron chi connectivity index (χ0n) is 11.8. The molecule has 0 aliphatic heterocycles. The maximum absolute atomic E-state index is 4.66. The summed E-state index contributed by atoms with van der Waals surface area (Å²) in [4.78, 5) is 9.12. The van der Waals surface area contributed by atoms with Gasteiger partial charge in [-0.2, -0.15) is 0 Å². The van der Waals surface area contributed by atoms with Gasteiger partial charge in [0, 0.05) is 18.3 Å². The third kappa shape index (κ3) is 3.15. The summed E-state index contributed by atoms with van der Waals surface area (Å²) in [6.45, 7) is 3.06. The predicted octanol–water partition coefficient (Wildman–Crippen LogP) is 4.72. The summed E-state index contributed by atoms with van der Waals surface area (Å²) in [5.41, 5.74) is 1.05. The molecule has 0 amide bonds. The molecule has 1 heterocycles. The molecular formula is C17H16IN3. The van der Waals surface area contributed by atoms with Crippen LogP contribution in [0.2, 0.25) is 0 Å². The van der Waals surface area contributed by atoms with Gasteiger partial charge in [0.1, 0.15) is 5.82 Å². The van der Waals surface area contributed by atoms with Crippen molar-refractivity contribution in [2.75, 3.05) is 11.9 Å². The first kappa shape index (κ1) is 14.3. The largest absolute Gasteiger partial charge is 0.369 e. The van der Waals surface area contributed by atoms with Crippen molar-refractivity contribution >= 4 is 39.2 Å². The van der Waals surface area contributed by atoms with E-state index in [2.05, 4.69) is 87.3 Å². The van der Waals surface area contributed by atoms with Crippen molar-refractivity contribution in [1.29, 1.82) is 0 Å². The molecular weight excluding hydrogens is 373 g/mol. The molecule has 1 aromatic heterocycles. The van der Waals surface area contributed by atoms with Crippen LogP contribution >= 0.6 is 22.6 Å². The summed E-state index contributed by atoms with van der Waals surface area (Å²) in [6, 6.07) is 14.7. The Balaban J connectivity index is 2.01. The second-order valence-electron chi connectivity index (χ2n) is 4.88. The highest BCUT2D eigenvalue weighted by atomic mass is 127. The molecule has 4 heteroatoms. The van der Waals surface area contributed by atoms with Crippen molar-refractivity contribution in [1.82, 2.24) is 9.97 Å². The maximum atomic E-state index is 4.66. The number of benzene rings is 2. The lowest BCUT2D eigenvalue weighted by molar-refractivity contribution is 0.963. The third-order valence-electron chi connectivity index (χ3n) is 3.29. The Hall–Kier alpha value is -1.69. The fourth-order valence-corrected chi connectivity index (χ4v) is 2.65. The van der Waals surface area contributed by atoms with Gasteiger partial charge in [-0.25, -0.2) is 9.97 Å². The van der Waals surface area contributed by atoms with Gasteiger partial charge in [0.15, 0.2) is 5.82 Å². The topological polar surface area (TPSA) is 37.8 Å². The van der Waals surface area contributed by atoms with Gasteiger partial charge >= 0.3 is 0 Å². The monoisotopic (exact) mass is 389 g/mol. The molecule has 0 bridgehead atoms. The van der Waals surface area contributed by atoms with Gasteiger partial charge in [0.2, 0.25) is 0 Å². The Morgan fingerprint density at radius 2 is 1.90 bits per heavy atom. The molecule has 3 rings (SSSR count). The fourth-order valence-electron chi connectivity index (χ4n) is 2.20. The molecule has 0 fully saturated rings. The van der Waals surface area contributed by atoms with Crippen LogP contribution in [-0.2, 0) is 0 Å². The number of nitrogens with zero attached hydrogens (tertiary/aromatic N) is 2. The third-order valence-corrected chi connectivity index (χ3v) is 4.08. The quantitative estimate of drug-likeness (QED) is 0.656. The van der Waals surface area contributed by atoms with Gasteiger partial charge in [-0.15, -0.1) is 0 Å². The van der Waals surface area contributed by atoms with Crippen LogP contribution in [-0.4, -0.2) is 16.5 Å². The van der Waals surface area contributed by atoms with Crippen molar-refractivity contribution in [2.45, 2.75) is 13.3 Å². The summed E-state index contributed by atoms with van der Waals surface area (Å²) in [5, 5.41) is 5.79. The summed E-state index contributed by atoms with van der Waals surface area (Å²) >= 11 is 2.26. The minimum atomic E-state index is 0.764. The zero-order valence-corrected chi connectivity index (χ0v) is 14.0. The Morgan fingerprint density at radius 3 is 2.71 bits per heavy atom. The van der Waals surface area contributed by atoms with E-state index in [1.54, 1.807) is 0 Å². The molecule has 3 aromatic rings. The molecule has 3 nitrogen and oxygen atoms in total. The normalized spacial score (nSPS) is 10.8. The lowest BCUT2D eigenvalue weighted by Crippen LogP contribution is -2.05. The molecule has 2 aromatic carbocycles. The molecule has 0 unspecified atom stereocenters. The molecule has 106 valence electrons. The van der Waals surface area contributed by atoms with E-state index < -0.39 is 0 Å². The molecule has 1 N–H and O–H groups in total. The standard InChI is InChI=1S/C17H16IN3/c1-2-9-19-17-15(18)11-20-16(21-17)14-8-7-12-5-3-4-6-13(12)10-14/h3-8,10-11H,2,9H2,1H3,(H,19,20,21). The molecule has 0 radical (unpaired) electrons. The van der Waals surface area contributed by atoms with Gasteiger partial charge in [-0.1, -0.05) is 43.3 Å². The minimum absolute atomic E-state index is 0.764. The van der Waals surface area contributed by atoms with Crippen LogP contribution in [0.4, 0.5) is 5.82 Å². The van der Waals surface area contributed by atoms with Crippen molar-refractivity contribution in [3.63, 3.8) is 0 Å². The second kappa shape index (κ2) is 6.39. The second-order valence-corrected chi connectivity index (χ2v) is 6.04. The van der Waals surface area contributed by atoms with Crippen molar-refractivity contribution in [3.05, 3.63) is 52.2 Å². The first-order chi connectivity index (χ1) is 10.3. The SMILES string of the molecule is CCCNc1nc(-c2ccc3ccccc3c2)ncc1I. The first-order valence-electron chi connectivity index (χ1n) is 7.03. The zero-order chi connectivity index (χ0) is 14.7. The Morgan fingerprint density at radius 1 is 1.10 bits per heavy atom. The molecule has 0 spiro atoms. The van der Waals surface area contributed by atoms with E-state index in [-0.39, 0.29) is 0 Å². The minimum Gasteiger partial charge on any atom is -0.369 e. The van der Waals surface area contributed by atoms with Crippen LogP contribution in [0.25, 0.3) is 22.2 Å². The number of anilines is 1. The molecule has 0 saturated heterocycles. The van der Waals surface area contributed by atoms with Crippen molar-refractivity contribution in [2.24, 2.45) is 0 Å². The van der Waals surface area contributed by atoms with E-state index in [1.165, 1.54) is 10.8 Å². The van der Waals surface area contributed by atoms with Crippen LogP contribution in [0.5, 0.6) is 0 Å². The van der Waals surface area contributed by atoms with Crippen LogP contribution in [0, 0.1) is 3.57 Å². The summed E-state index contributed by atoms with van der Waals surface area (Å²) in [5.74, 6) is 1.68. The number of aromatic nitrogens is 2. The Bertz CT molecular complexity index is 771. The fraction of sp³-hybridized carbons (Fsp3) is 0.176. The van der Waals surface area contributed by atoms with E-state index in [9.17, 15) is 0 Å². The van der Waals surface area contributed by atoms with Crippen LogP contribution in [0.1, 0.15) is 13.3 Å². The van der Waals surface area contributed by atoms with Crippen LogP contribution in [0.3, 0.4) is 0 Å². The number of halogens is 1. The van der Waals surface area contributed by atoms with Gasteiger partial charge < -0.3 is 5.32 Å². The van der Waals surface area contributed by atoms with Gasteiger partial charge in [-0.3, -0.25) is 0 Å². The van der Waals surface area contributed by atoms with Crippen LogP contribution < -0.4 is 5.32 Å². The van der Waals surface area contributed by atoms with Crippen LogP contribution in [0.15, 0.2) is 48.7 Å². The van der Waals surface area contributed by atoms with Gasteiger partial charge in [0.25, 0.3) is 0 Å². The molecule has 0 saturated carbocycles. The number of hydrogen-bond donors (Lipinski definition) is 1. The van der Waals surface area contributed by atoms with E-state index >= 15 is 0 Å².